The van der Waals surface area contributed by atoms with Crippen molar-refractivity contribution in [3.63, 3.8) is 0 Å². The highest BCUT2D eigenvalue weighted by Crippen LogP contribution is 2.24. The van der Waals surface area contributed by atoms with Crippen LogP contribution in [0.15, 0.2) is 17.2 Å². The second-order valence-corrected chi connectivity index (χ2v) is 7.11. The van der Waals surface area contributed by atoms with Gasteiger partial charge in [0.15, 0.2) is 0 Å². The van der Waals surface area contributed by atoms with E-state index < -0.39 is 0 Å². The Morgan fingerprint density at radius 1 is 1.24 bits per heavy atom. The molecule has 0 saturated carbocycles. The van der Waals surface area contributed by atoms with Gasteiger partial charge in [0, 0.05) is 31.6 Å². The van der Waals surface area contributed by atoms with Gasteiger partial charge in [0.2, 0.25) is 0 Å². The van der Waals surface area contributed by atoms with E-state index in [0.717, 1.165) is 51.0 Å². The van der Waals surface area contributed by atoms with Gasteiger partial charge in [-0.25, -0.2) is 9.78 Å². The molecule has 1 atom stereocenters. The van der Waals surface area contributed by atoms with Gasteiger partial charge in [0.1, 0.15) is 0 Å². The maximum Gasteiger partial charge on any atom is 0.317 e. The van der Waals surface area contributed by atoms with E-state index >= 15 is 0 Å². The normalized spacial score (nSPS) is 21.4. The number of nitrogens with zero attached hydrogens (tertiary/aromatic N) is 3. The maximum atomic E-state index is 12.4. The molecule has 2 amide bonds. The van der Waals surface area contributed by atoms with Crippen molar-refractivity contribution in [3.05, 3.63) is 28.4 Å². The molecule has 7 nitrogen and oxygen atoms in total. The Morgan fingerprint density at radius 3 is 2.88 bits per heavy atom. The molecule has 0 unspecified atom stereocenters. The van der Waals surface area contributed by atoms with E-state index in [1.807, 2.05) is 4.90 Å². The number of H-pyrrole nitrogens is 1. The Kier molecular flexibility index (Phi) is 6.44. The molecular formula is C18H29N5O2. The maximum absolute atomic E-state index is 12.4. The van der Waals surface area contributed by atoms with Gasteiger partial charge in [0.05, 0.1) is 12.0 Å². The van der Waals surface area contributed by atoms with Crippen LogP contribution < -0.4 is 10.9 Å². The number of carbonyl (C=O) groups excluding carboxylic acids is 1. The predicted molar refractivity (Wildman–Crippen MR) is 96.7 cm³/mol. The van der Waals surface area contributed by atoms with E-state index in [4.69, 9.17) is 0 Å². The molecule has 0 aliphatic carbocycles. The number of hydrogen-bond donors (Lipinski definition) is 2. The Labute approximate surface area is 148 Å². The molecule has 1 aromatic rings. The van der Waals surface area contributed by atoms with Crippen LogP contribution in [0.4, 0.5) is 4.79 Å². The number of aromatic nitrogens is 2. The van der Waals surface area contributed by atoms with Gasteiger partial charge < -0.3 is 20.1 Å². The number of amides is 2. The third-order valence-electron chi connectivity index (χ3n) is 5.20. The highest BCUT2D eigenvalue weighted by atomic mass is 16.2. The predicted octanol–water partition coefficient (Wildman–Crippen LogP) is 1.53. The molecule has 138 valence electrons. The van der Waals surface area contributed by atoms with Crippen LogP contribution in [0.5, 0.6) is 0 Å². The summed E-state index contributed by atoms with van der Waals surface area (Å²) < 4.78 is 0. The monoisotopic (exact) mass is 347 g/mol. The number of likely N-dealkylation sites (tertiary alicyclic amines) is 2. The Bertz CT molecular complexity index is 611. The first-order valence-corrected chi connectivity index (χ1v) is 9.52. The minimum Gasteiger partial charge on any atom is -0.338 e. The zero-order valence-electron chi connectivity index (χ0n) is 14.9. The molecule has 7 heteroatoms. The van der Waals surface area contributed by atoms with Gasteiger partial charge in [-0.1, -0.05) is 0 Å². The molecule has 0 radical (unpaired) electrons. The molecule has 0 spiro atoms. The average Bonchev–Trinajstić information content (AvgIpc) is 3.15. The van der Waals surface area contributed by atoms with Crippen molar-refractivity contribution in [3.8, 4) is 0 Å². The number of nitrogens with one attached hydrogen (secondary N) is 2. The molecule has 2 N–H and O–H groups in total. The van der Waals surface area contributed by atoms with Crippen molar-refractivity contribution < 1.29 is 4.79 Å². The third kappa shape index (κ3) is 5.29. The van der Waals surface area contributed by atoms with Crippen LogP contribution in [-0.2, 0) is 0 Å². The summed E-state index contributed by atoms with van der Waals surface area (Å²) in [6.07, 6.45) is 8.17. The quantitative estimate of drug-likeness (QED) is 0.765. The summed E-state index contributed by atoms with van der Waals surface area (Å²) in [7, 11) is 0. The Hall–Kier alpha value is -1.89. The molecular weight excluding hydrogens is 318 g/mol. The first kappa shape index (κ1) is 17.9. The highest BCUT2D eigenvalue weighted by Gasteiger charge is 2.25. The van der Waals surface area contributed by atoms with Crippen LogP contribution in [0.1, 0.15) is 50.1 Å². The number of urea groups is 1. The zero-order chi connectivity index (χ0) is 17.5. The molecule has 0 bridgehead atoms. The largest absolute Gasteiger partial charge is 0.338 e. The summed E-state index contributed by atoms with van der Waals surface area (Å²) in [4.78, 5) is 35.0. The number of rotatable bonds is 6. The van der Waals surface area contributed by atoms with E-state index in [2.05, 4.69) is 20.2 Å². The molecule has 2 saturated heterocycles. The average molecular weight is 347 g/mol. The first-order valence-electron chi connectivity index (χ1n) is 9.52. The van der Waals surface area contributed by atoms with Gasteiger partial charge in [-0.15, -0.1) is 0 Å². The molecule has 3 heterocycles. The summed E-state index contributed by atoms with van der Waals surface area (Å²) in [5.41, 5.74) is 0.649. The fourth-order valence-corrected chi connectivity index (χ4v) is 3.78. The molecule has 2 aliphatic heterocycles. The molecule has 3 rings (SSSR count). The summed E-state index contributed by atoms with van der Waals surface area (Å²) in [6.45, 7) is 5.76. The molecule has 25 heavy (non-hydrogen) atoms. The van der Waals surface area contributed by atoms with Crippen LogP contribution in [0.25, 0.3) is 0 Å². The fraction of sp³-hybridized carbons (Fsp3) is 0.722. The topological polar surface area (TPSA) is 81.3 Å². The van der Waals surface area contributed by atoms with Crippen molar-refractivity contribution >= 4 is 6.03 Å². The number of aromatic amines is 1. The second kappa shape index (κ2) is 8.99. The van der Waals surface area contributed by atoms with E-state index in [-0.39, 0.29) is 17.5 Å². The number of unbranched alkanes of at least 4 members (excludes halogenated alkanes) is 1. The number of carbonyl (C=O) groups is 1. The number of piperidine rings is 1. The van der Waals surface area contributed by atoms with Crippen LogP contribution in [0, 0.1) is 0 Å². The lowest BCUT2D eigenvalue weighted by atomic mass is 9.95. The van der Waals surface area contributed by atoms with Crippen molar-refractivity contribution in [2.75, 3.05) is 39.3 Å². The summed E-state index contributed by atoms with van der Waals surface area (Å²) in [6, 6.07) is 1.56. The van der Waals surface area contributed by atoms with Crippen LogP contribution in [0.3, 0.4) is 0 Å². The Morgan fingerprint density at radius 2 is 2.08 bits per heavy atom. The summed E-state index contributed by atoms with van der Waals surface area (Å²) in [5, 5.41) is 3.04. The van der Waals surface area contributed by atoms with E-state index in [1.165, 1.54) is 32.3 Å². The van der Waals surface area contributed by atoms with Crippen molar-refractivity contribution in [2.24, 2.45) is 0 Å². The van der Waals surface area contributed by atoms with E-state index in [1.54, 1.807) is 6.07 Å². The molecule has 0 aromatic carbocycles. The van der Waals surface area contributed by atoms with Gasteiger partial charge in [0.25, 0.3) is 5.56 Å². The first-order chi connectivity index (χ1) is 12.2. The molecule has 1 aromatic heterocycles. The minimum atomic E-state index is -0.135. The van der Waals surface area contributed by atoms with Gasteiger partial charge in [-0.3, -0.25) is 4.79 Å². The Balaban J connectivity index is 1.38. The van der Waals surface area contributed by atoms with Crippen LogP contribution >= 0.6 is 0 Å². The third-order valence-corrected chi connectivity index (χ3v) is 5.20. The lowest BCUT2D eigenvalue weighted by Gasteiger charge is -2.32. The van der Waals surface area contributed by atoms with Crippen molar-refractivity contribution in [1.29, 1.82) is 0 Å². The lowest BCUT2D eigenvalue weighted by molar-refractivity contribution is 0.178. The number of hydrogen-bond acceptors (Lipinski definition) is 4. The molecule has 2 fully saturated rings. The molecule has 2 aliphatic rings. The summed E-state index contributed by atoms with van der Waals surface area (Å²) >= 11 is 0. The zero-order valence-corrected chi connectivity index (χ0v) is 14.9. The SMILES string of the molecule is O=C(NCCCCN1CCCC1)N1CCC[C@@H](c2cc(=O)[nH]cn2)C1. The van der Waals surface area contributed by atoms with E-state index in [9.17, 15) is 9.59 Å². The van der Waals surface area contributed by atoms with Gasteiger partial charge in [-0.2, -0.15) is 0 Å². The van der Waals surface area contributed by atoms with Gasteiger partial charge in [-0.05, 0) is 58.2 Å². The van der Waals surface area contributed by atoms with Gasteiger partial charge >= 0.3 is 6.03 Å². The standard InChI is InChI=1S/C18H29N5O2/c24-17-12-16(20-14-21-17)15-6-5-11-23(13-15)18(25)19-7-1-2-8-22-9-3-4-10-22/h12,14-15H,1-11,13H2,(H,19,25)(H,20,21,24)/t15-/m1/s1. The van der Waals surface area contributed by atoms with E-state index in [0.29, 0.717) is 6.54 Å². The highest BCUT2D eigenvalue weighted by molar-refractivity contribution is 5.74. The lowest BCUT2D eigenvalue weighted by Crippen LogP contribution is -2.45. The van der Waals surface area contributed by atoms with Crippen molar-refractivity contribution in [1.82, 2.24) is 25.1 Å². The summed E-state index contributed by atoms with van der Waals surface area (Å²) in [5.74, 6) is 0.150. The second-order valence-electron chi connectivity index (χ2n) is 7.11. The van der Waals surface area contributed by atoms with Crippen LogP contribution in [-0.4, -0.2) is 65.1 Å². The fourth-order valence-electron chi connectivity index (χ4n) is 3.78. The smallest absolute Gasteiger partial charge is 0.317 e. The van der Waals surface area contributed by atoms with Crippen molar-refractivity contribution in [2.45, 2.75) is 44.4 Å². The minimum absolute atomic E-state index is 0.00992. The van der Waals surface area contributed by atoms with Crippen LogP contribution in [0.2, 0.25) is 0 Å².